The second-order valence-electron chi connectivity index (χ2n) is 6.75. The first-order chi connectivity index (χ1) is 13.8. The molecule has 1 aliphatic heterocycles. The molecule has 0 spiro atoms. The van der Waals surface area contributed by atoms with E-state index in [-0.39, 0.29) is 30.2 Å². The number of hydrogen-bond donors (Lipinski definition) is 1. The highest BCUT2D eigenvalue weighted by Crippen LogP contribution is 2.32. The van der Waals surface area contributed by atoms with Crippen molar-refractivity contribution in [2.75, 3.05) is 39.4 Å². The van der Waals surface area contributed by atoms with E-state index in [0.29, 0.717) is 26.3 Å². The average Bonchev–Trinajstić information content (AvgIpc) is 3.15. The lowest BCUT2D eigenvalue weighted by atomic mass is 10.1. The maximum Gasteiger partial charge on any atom is 0.416 e. The van der Waals surface area contributed by atoms with Gasteiger partial charge in [-0.05, 0) is 11.6 Å². The molecule has 1 aromatic heterocycles. The van der Waals surface area contributed by atoms with E-state index in [0.717, 1.165) is 25.4 Å². The van der Waals surface area contributed by atoms with Crippen LogP contribution >= 0.6 is 0 Å². The lowest BCUT2D eigenvalue weighted by Gasteiger charge is -2.30. The molecule has 0 bridgehead atoms. The number of aromatic nitrogens is 1. The summed E-state index contributed by atoms with van der Waals surface area (Å²) in [6.07, 6.45) is -3.42. The first kappa shape index (κ1) is 21.3. The van der Waals surface area contributed by atoms with E-state index in [1.54, 1.807) is 11.0 Å². The molecule has 3 rings (SSSR count). The highest BCUT2D eigenvalue weighted by Gasteiger charge is 2.33. The zero-order valence-corrected chi connectivity index (χ0v) is 15.7. The molecular weight excluding hydrogens is 391 g/mol. The van der Waals surface area contributed by atoms with E-state index in [2.05, 4.69) is 9.88 Å². The number of carboxylic acids is 1. The van der Waals surface area contributed by atoms with Crippen LogP contribution in [0.5, 0.6) is 0 Å². The van der Waals surface area contributed by atoms with E-state index in [9.17, 15) is 18.0 Å². The average molecular weight is 413 g/mol. The Morgan fingerprint density at radius 1 is 1.21 bits per heavy atom. The highest BCUT2D eigenvalue weighted by molar-refractivity contribution is 5.84. The van der Waals surface area contributed by atoms with Crippen molar-refractivity contribution in [1.82, 2.24) is 14.8 Å². The zero-order chi connectivity index (χ0) is 20.9. The molecule has 1 N–H and O–H groups in total. The third kappa shape index (κ3) is 6.02. The molecule has 0 amide bonds. The summed E-state index contributed by atoms with van der Waals surface area (Å²) in [7, 11) is 0. The summed E-state index contributed by atoms with van der Waals surface area (Å²) in [4.78, 5) is 18.8. The number of rotatable bonds is 8. The number of oxazole rings is 1. The highest BCUT2D eigenvalue weighted by atomic mass is 19.4. The molecule has 0 unspecified atom stereocenters. The van der Waals surface area contributed by atoms with Crippen LogP contribution in [0.3, 0.4) is 0 Å². The molecule has 29 heavy (non-hydrogen) atoms. The first-order valence-electron chi connectivity index (χ1n) is 9.18. The number of hydrogen-bond acceptors (Lipinski definition) is 6. The Morgan fingerprint density at radius 2 is 1.93 bits per heavy atom. The topological polar surface area (TPSA) is 79.0 Å². The van der Waals surface area contributed by atoms with Gasteiger partial charge in [-0.3, -0.25) is 9.80 Å². The van der Waals surface area contributed by atoms with Crippen molar-refractivity contribution in [2.24, 2.45) is 0 Å². The summed E-state index contributed by atoms with van der Waals surface area (Å²) < 4.78 is 50.6. The second-order valence-corrected chi connectivity index (χ2v) is 6.75. The Kier molecular flexibility index (Phi) is 6.88. The van der Waals surface area contributed by atoms with Gasteiger partial charge in [-0.15, -0.1) is 0 Å². The summed E-state index contributed by atoms with van der Waals surface area (Å²) >= 11 is 0. The van der Waals surface area contributed by atoms with Gasteiger partial charge in [0.15, 0.2) is 5.69 Å². The SMILES string of the molecule is O=C(O)c1coc(CN(CCN2CCOCC2)Cc2ccccc2C(F)(F)F)n1. The number of halogens is 3. The van der Waals surface area contributed by atoms with Gasteiger partial charge in [0.25, 0.3) is 0 Å². The van der Waals surface area contributed by atoms with Crippen molar-refractivity contribution >= 4 is 5.97 Å². The van der Waals surface area contributed by atoms with Crippen LogP contribution in [0.15, 0.2) is 34.9 Å². The second kappa shape index (κ2) is 9.38. The smallest absolute Gasteiger partial charge is 0.416 e. The third-order valence-electron chi connectivity index (χ3n) is 4.68. The molecule has 2 aromatic rings. The van der Waals surface area contributed by atoms with Crippen LogP contribution in [0.1, 0.15) is 27.5 Å². The van der Waals surface area contributed by atoms with Crippen LogP contribution in [0, 0.1) is 0 Å². The Bertz CT molecular complexity index is 819. The summed E-state index contributed by atoms with van der Waals surface area (Å²) in [5.74, 6) is -1.07. The molecule has 1 fully saturated rings. The molecule has 0 saturated carbocycles. The Hall–Kier alpha value is -2.43. The number of benzene rings is 1. The molecule has 1 saturated heterocycles. The van der Waals surface area contributed by atoms with Gasteiger partial charge in [0.05, 0.1) is 25.3 Å². The number of ether oxygens (including phenoxy) is 1. The summed E-state index contributed by atoms with van der Waals surface area (Å²) in [5.41, 5.74) is -0.772. The van der Waals surface area contributed by atoms with Gasteiger partial charge in [-0.1, -0.05) is 18.2 Å². The lowest BCUT2D eigenvalue weighted by molar-refractivity contribution is -0.138. The van der Waals surface area contributed by atoms with Crippen LogP contribution in [-0.4, -0.2) is 65.3 Å². The van der Waals surface area contributed by atoms with Gasteiger partial charge in [0.1, 0.15) is 6.26 Å². The molecule has 2 heterocycles. The van der Waals surface area contributed by atoms with E-state index < -0.39 is 17.7 Å². The molecule has 10 heteroatoms. The maximum atomic E-state index is 13.4. The van der Waals surface area contributed by atoms with Crippen molar-refractivity contribution in [3.63, 3.8) is 0 Å². The van der Waals surface area contributed by atoms with Crippen molar-refractivity contribution in [2.45, 2.75) is 19.3 Å². The minimum absolute atomic E-state index is 0.0325. The Balaban J connectivity index is 1.75. The van der Waals surface area contributed by atoms with Gasteiger partial charge in [-0.2, -0.15) is 13.2 Å². The predicted octanol–water partition coefficient (Wildman–Crippen LogP) is 2.73. The number of morpholine rings is 1. The van der Waals surface area contributed by atoms with Gasteiger partial charge >= 0.3 is 12.1 Å². The normalized spacial score (nSPS) is 15.7. The molecule has 0 aliphatic carbocycles. The van der Waals surface area contributed by atoms with Crippen LogP contribution in [0.25, 0.3) is 0 Å². The third-order valence-corrected chi connectivity index (χ3v) is 4.68. The van der Waals surface area contributed by atoms with Gasteiger partial charge < -0.3 is 14.3 Å². The van der Waals surface area contributed by atoms with Crippen LogP contribution < -0.4 is 0 Å². The van der Waals surface area contributed by atoms with Crippen molar-refractivity contribution in [3.8, 4) is 0 Å². The quantitative estimate of drug-likeness (QED) is 0.713. The van der Waals surface area contributed by atoms with Gasteiger partial charge in [0, 0.05) is 32.7 Å². The molecule has 7 nitrogen and oxygen atoms in total. The summed E-state index contributed by atoms with van der Waals surface area (Å²) in [6, 6.07) is 5.43. The fourth-order valence-electron chi connectivity index (χ4n) is 3.17. The van der Waals surface area contributed by atoms with Crippen LogP contribution in [-0.2, 0) is 24.0 Å². The summed E-state index contributed by atoms with van der Waals surface area (Å²) in [6.45, 7) is 4.01. The van der Waals surface area contributed by atoms with Crippen LogP contribution in [0.2, 0.25) is 0 Å². The predicted molar refractivity (Wildman–Crippen MR) is 96.3 cm³/mol. The fraction of sp³-hybridized carbons (Fsp3) is 0.474. The number of carbonyl (C=O) groups is 1. The molecular formula is C19H22F3N3O4. The maximum absolute atomic E-state index is 13.4. The van der Waals surface area contributed by atoms with E-state index in [4.69, 9.17) is 14.3 Å². The summed E-state index contributed by atoms with van der Waals surface area (Å²) in [5, 5.41) is 8.99. The number of carboxylic acid groups (broad SMARTS) is 1. The number of aromatic carboxylic acids is 1. The molecule has 0 atom stereocenters. The van der Waals surface area contributed by atoms with Crippen LogP contribution in [0.4, 0.5) is 13.2 Å². The molecule has 1 aliphatic rings. The molecule has 0 radical (unpaired) electrons. The van der Waals surface area contributed by atoms with Gasteiger partial charge in [0.2, 0.25) is 5.89 Å². The molecule has 1 aromatic carbocycles. The number of nitrogens with zero attached hydrogens (tertiary/aromatic N) is 3. The minimum atomic E-state index is -4.45. The van der Waals surface area contributed by atoms with Crippen molar-refractivity contribution < 1.29 is 32.2 Å². The zero-order valence-electron chi connectivity index (χ0n) is 15.7. The van der Waals surface area contributed by atoms with Crippen molar-refractivity contribution in [3.05, 3.63) is 53.2 Å². The number of alkyl halides is 3. The standard InChI is InChI=1S/C19H22F3N3O4/c20-19(21,22)15-4-2-1-3-14(15)11-25(6-5-24-7-9-28-10-8-24)12-17-23-16(13-29-17)18(26)27/h1-4,13H,5-12H2,(H,26,27). The lowest BCUT2D eigenvalue weighted by Crippen LogP contribution is -2.41. The largest absolute Gasteiger partial charge is 0.476 e. The minimum Gasteiger partial charge on any atom is -0.476 e. The Morgan fingerprint density at radius 3 is 2.59 bits per heavy atom. The Labute approximate surface area is 165 Å². The fourth-order valence-corrected chi connectivity index (χ4v) is 3.17. The van der Waals surface area contributed by atoms with E-state index in [1.807, 2.05) is 0 Å². The van der Waals surface area contributed by atoms with Crippen molar-refractivity contribution in [1.29, 1.82) is 0 Å². The first-order valence-corrected chi connectivity index (χ1v) is 9.18. The van der Waals surface area contributed by atoms with E-state index in [1.165, 1.54) is 12.1 Å². The molecule has 158 valence electrons. The monoisotopic (exact) mass is 413 g/mol. The van der Waals surface area contributed by atoms with E-state index >= 15 is 0 Å². The van der Waals surface area contributed by atoms with Gasteiger partial charge in [-0.25, -0.2) is 9.78 Å².